The summed E-state index contributed by atoms with van der Waals surface area (Å²) in [7, 11) is 2.10. The van der Waals surface area contributed by atoms with E-state index in [0.29, 0.717) is 30.5 Å². The highest BCUT2D eigenvalue weighted by Gasteiger charge is 2.35. The number of aliphatic hydroxyl groups excluding tert-OH is 1. The SMILES string of the molecule is C[C@@H](O)[C@H](NC(=O)C1CSSC[C@H](NC(=O)[C@H](N)Cc2ccccc2)C(=O)N[C@@H](Cc2ccc(O)cc2)C(=O)NC(Cc2c[nH]c3ccccc23)C(=O)NC(CCCCN)C(=O)N1)C(N)=O. The number of nitrogens with two attached hydrogens (primary N) is 3. The maximum absolute atomic E-state index is 14.6. The number of fused-ring (bicyclic) bond motifs is 1. The summed E-state index contributed by atoms with van der Waals surface area (Å²) < 4.78 is 0. The number of aliphatic hydroxyl groups is 1. The van der Waals surface area contributed by atoms with Crippen molar-refractivity contribution in [3.63, 3.8) is 0 Å². The van der Waals surface area contributed by atoms with Crippen molar-refractivity contribution >= 4 is 73.8 Å². The molecule has 354 valence electrons. The zero-order valence-electron chi connectivity index (χ0n) is 36.4. The van der Waals surface area contributed by atoms with E-state index in [-0.39, 0.29) is 42.9 Å². The van der Waals surface area contributed by atoms with Gasteiger partial charge in [0.15, 0.2) is 0 Å². The Labute approximate surface area is 389 Å². The van der Waals surface area contributed by atoms with E-state index in [0.717, 1.165) is 38.1 Å². The van der Waals surface area contributed by atoms with Gasteiger partial charge in [0.1, 0.15) is 42.0 Å². The first-order valence-electron chi connectivity index (χ1n) is 21.5. The van der Waals surface area contributed by atoms with Gasteiger partial charge in [0.05, 0.1) is 12.1 Å². The molecule has 0 radical (unpaired) electrons. The molecule has 19 nitrogen and oxygen atoms in total. The molecule has 15 N–H and O–H groups in total. The Bertz CT molecular complexity index is 2300. The second-order valence-electron chi connectivity index (χ2n) is 16.0. The number of nitrogens with one attached hydrogen (secondary N) is 7. The average molecular weight is 947 g/mol. The fraction of sp³-hybridized carbons (Fsp3) is 0.400. The van der Waals surface area contributed by atoms with Crippen LogP contribution in [-0.4, -0.2) is 123 Å². The molecule has 8 atom stereocenters. The van der Waals surface area contributed by atoms with Crippen LogP contribution in [0.2, 0.25) is 0 Å². The lowest BCUT2D eigenvalue weighted by Crippen LogP contribution is -2.61. The van der Waals surface area contributed by atoms with Gasteiger partial charge < -0.3 is 64.3 Å². The Morgan fingerprint density at radius 3 is 2.08 bits per heavy atom. The fourth-order valence-electron chi connectivity index (χ4n) is 7.18. The Kier molecular flexibility index (Phi) is 19.2. The molecule has 3 unspecified atom stereocenters. The zero-order chi connectivity index (χ0) is 47.8. The van der Waals surface area contributed by atoms with Crippen molar-refractivity contribution in [3.8, 4) is 5.75 Å². The molecule has 66 heavy (non-hydrogen) atoms. The van der Waals surface area contributed by atoms with Gasteiger partial charge in [0.2, 0.25) is 41.4 Å². The van der Waals surface area contributed by atoms with Crippen LogP contribution in [0.3, 0.4) is 0 Å². The number of primary amides is 1. The van der Waals surface area contributed by atoms with Crippen LogP contribution in [0.5, 0.6) is 5.75 Å². The number of benzene rings is 3. The number of hydrogen-bond donors (Lipinski definition) is 12. The van der Waals surface area contributed by atoms with Crippen molar-refractivity contribution in [2.45, 2.75) is 93.8 Å². The van der Waals surface area contributed by atoms with E-state index in [9.17, 15) is 43.8 Å². The molecule has 1 aliphatic heterocycles. The molecule has 0 aliphatic carbocycles. The maximum atomic E-state index is 14.6. The highest BCUT2D eigenvalue weighted by atomic mass is 33.1. The van der Waals surface area contributed by atoms with Crippen molar-refractivity contribution < 1.29 is 43.8 Å². The smallest absolute Gasteiger partial charge is 0.244 e. The van der Waals surface area contributed by atoms with Crippen LogP contribution in [0.4, 0.5) is 0 Å². The lowest BCUT2D eigenvalue weighted by atomic mass is 10.0. The van der Waals surface area contributed by atoms with E-state index < -0.39 is 89.7 Å². The van der Waals surface area contributed by atoms with Crippen LogP contribution < -0.4 is 49.1 Å². The number of phenolic OH excluding ortho intramolecular Hbond substituents is 1. The molecule has 1 saturated heterocycles. The molecule has 3 aromatic carbocycles. The van der Waals surface area contributed by atoms with Crippen LogP contribution in [0.1, 0.15) is 42.9 Å². The van der Waals surface area contributed by atoms with Crippen LogP contribution in [0.25, 0.3) is 10.9 Å². The number of carbonyl (C=O) groups excluding carboxylic acids is 7. The summed E-state index contributed by atoms with van der Waals surface area (Å²) in [6.45, 7) is 1.55. The van der Waals surface area contributed by atoms with Crippen molar-refractivity contribution in [3.05, 3.63) is 102 Å². The summed E-state index contributed by atoms with van der Waals surface area (Å²) in [5, 5.41) is 37.1. The van der Waals surface area contributed by atoms with Crippen molar-refractivity contribution in [2.24, 2.45) is 17.2 Å². The van der Waals surface area contributed by atoms with Gasteiger partial charge in [-0.15, -0.1) is 0 Å². The molecule has 0 spiro atoms. The number of para-hydroxylation sites is 1. The summed E-state index contributed by atoms with van der Waals surface area (Å²) in [6.07, 6.45) is 1.27. The molecule has 21 heteroatoms. The van der Waals surface area contributed by atoms with E-state index >= 15 is 0 Å². The second kappa shape index (κ2) is 25.0. The molecule has 2 heterocycles. The van der Waals surface area contributed by atoms with Crippen LogP contribution in [0, 0.1) is 0 Å². The minimum atomic E-state index is -1.51. The summed E-state index contributed by atoms with van der Waals surface area (Å²) in [5.74, 6) is -5.94. The lowest BCUT2D eigenvalue weighted by molar-refractivity contribution is -0.135. The average Bonchev–Trinajstić information content (AvgIpc) is 3.70. The number of aromatic nitrogens is 1. The molecule has 5 rings (SSSR count). The summed E-state index contributed by atoms with van der Waals surface area (Å²) in [4.78, 5) is 100. The number of aromatic hydroxyl groups is 1. The van der Waals surface area contributed by atoms with Crippen LogP contribution in [0.15, 0.2) is 85.1 Å². The first kappa shape index (κ1) is 50.9. The Hall–Kier alpha value is -6.13. The van der Waals surface area contributed by atoms with E-state index in [1.807, 2.05) is 30.3 Å². The summed E-state index contributed by atoms with van der Waals surface area (Å²) >= 11 is 0. The predicted octanol–water partition coefficient (Wildman–Crippen LogP) is -0.472. The quantitative estimate of drug-likeness (QED) is 0.0500. The van der Waals surface area contributed by atoms with E-state index in [1.54, 1.807) is 42.6 Å². The first-order valence-corrected chi connectivity index (χ1v) is 24.0. The molecule has 1 aromatic heterocycles. The highest BCUT2D eigenvalue weighted by Crippen LogP contribution is 2.25. The van der Waals surface area contributed by atoms with Crippen LogP contribution >= 0.6 is 21.6 Å². The van der Waals surface area contributed by atoms with Gasteiger partial charge in [0.25, 0.3) is 0 Å². The van der Waals surface area contributed by atoms with E-state index in [2.05, 4.69) is 36.9 Å². The first-order chi connectivity index (χ1) is 31.6. The number of hydrogen-bond acceptors (Lipinski definition) is 13. The Morgan fingerprint density at radius 1 is 0.773 bits per heavy atom. The second-order valence-corrected chi connectivity index (χ2v) is 18.6. The van der Waals surface area contributed by atoms with Gasteiger partial charge in [-0.1, -0.05) is 82.3 Å². The fourth-order valence-corrected chi connectivity index (χ4v) is 9.51. The maximum Gasteiger partial charge on any atom is 0.244 e. The topological polar surface area (TPSA) is 326 Å². The number of carbonyl (C=O) groups is 7. The number of H-pyrrole nitrogens is 1. The van der Waals surface area contributed by atoms with Gasteiger partial charge in [-0.3, -0.25) is 33.6 Å². The number of rotatable bonds is 16. The monoisotopic (exact) mass is 946 g/mol. The van der Waals surface area contributed by atoms with Crippen molar-refractivity contribution in [1.29, 1.82) is 0 Å². The lowest BCUT2D eigenvalue weighted by Gasteiger charge is -2.27. The minimum Gasteiger partial charge on any atom is -0.508 e. The largest absolute Gasteiger partial charge is 0.508 e. The van der Waals surface area contributed by atoms with Gasteiger partial charge in [-0.05, 0) is 74.0 Å². The molecule has 7 amide bonds. The van der Waals surface area contributed by atoms with Crippen LogP contribution in [-0.2, 0) is 52.8 Å². The van der Waals surface area contributed by atoms with E-state index in [4.69, 9.17) is 17.2 Å². The molecule has 4 aromatic rings. The van der Waals surface area contributed by atoms with Crippen molar-refractivity contribution in [1.82, 2.24) is 36.9 Å². The van der Waals surface area contributed by atoms with Gasteiger partial charge in [-0.2, -0.15) is 0 Å². The zero-order valence-corrected chi connectivity index (χ0v) is 38.0. The molecule has 0 bridgehead atoms. The summed E-state index contributed by atoms with van der Waals surface area (Å²) in [5.41, 5.74) is 20.3. The third-order valence-corrected chi connectivity index (χ3v) is 13.3. The third kappa shape index (κ3) is 15.0. The Morgan fingerprint density at radius 2 is 1.39 bits per heavy atom. The van der Waals surface area contributed by atoms with Gasteiger partial charge in [0, 0.05) is 41.4 Å². The predicted molar refractivity (Wildman–Crippen MR) is 252 cm³/mol. The summed E-state index contributed by atoms with van der Waals surface area (Å²) in [6, 6.07) is 13.2. The minimum absolute atomic E-state index is 0.0267. The molecular weight excluding hydrogens is 889 g/mol. The van der Waals surface area contributed by atoms with Gasteiger partial charge >= 0.3 is 0 Å². The number of amides is 7. The highest BCUT2D eigenvalue weighted by molar-refractivity contribution is 8.76. The number of unbranched alkanes of at least 4 members (excludes halogenated alkanes) is 1. The number of phenols is 1. The molecule has 1 fully saturated rings. The Balaban J connectivity index is 1.54. The third-order valence-electron chi connectivity index (χ3n) is 10.9. The molecule has 0 saturated carbocycles. The normalized spacial score (nSPS) is 21.5. The standard InChI is InChI=1S/C45H58N10O9S2/c1-25(56)38(39(48)58)55-45(64)37-24-66-65-23-36(53-40(59)31(47)19-26-9-3-2-4-10-26)44(63)51-34(20-27-14-16-29(57)17-15-27)42(61)52-35(21-28-22-49-32-12-6-5-11-30(28)32)43(62)50-33(41(60)54-37)13-7-8-18-46/h2-6,9-12,14-17,22,25,31,33-38,49,56-57H,7-8,13,18-21,23-24,46-47H2,1H3,(H2,48,58)(H,50,62)(H,51,63)(H,52,61)(H,53,59)(H,54,60)(H,55,64)/t25-,31-,33?,34+,35?,36+,37?,38+/m1/s1. The van der Waals surface area contributed by atoms with E-state index in [1.165, 1.54) is 19.1 Å². The number of aromatic amines is 1. The van der Waals surface area contributed by atoms with Gasteiger partial charge in [-0.25, -0.2) is 0 Å². The van der Waals surface area contributed by atoms with Crippen molar-refractivity contribution in [2.75, 3.05) is 18.1 Å². The molecular formula is C45H58N10O9S2. The molecule has 1 aliphatic rings.